The third-order valence-electron chi connectivity index (χ3n) is 3.65. The van der Waals surface area contributed by atoms with E-state index in [1.807, 2.05) is 0 Å². The molecule has 1 aliphatic rings. The van der Waals surface area contributed by atoms with Crippen LogP contribution in [0.4, 0.5) is 5.82 Å². The third kappa shape index (κ3) is 3.24. The van der Waals surface area contributed by atoms with Gasteiger partial charge in [0.25, 0.3) is 0 Å². The van der Waals surface area contributed by atoms with Gasteiger partial charge in [-0.1, -0.05) is 25.6 Å². The Morgan fingerprint density at radius 3 is 2.84 bits per heavy atom. The largest absolute Gasteiger partial charge is 0.389 e. The van der Waals surface area contributed by atoms with Crippen LogP contribution in [0.25, 0.3) is 0 Å². The van der Waals surface area contributed by atoms with Crippen LogP contribution in [0.5, 0.6) is 0 Å². The lowest BCUT2D eigenvalue weighted by Crippen LogP contribution is -2.32. The SMILES string of the molecule is CCCC(C)(C)Nc1nc2c(cc1C(N)=S)CCC2. The van der Waals surface area contributed by atoms with Crippen LogP contribution in [0.3, 0.4) is 0 Å². The first-order valence-electron chi connectivity index (χ1n) is 7.04. The standard InChI is InChI=1S/C15H23N3S/c1-4-8-15(2,3)18-14-11(13(16)19)9-10-6-5-7-12(10)17-14/h9H,4-8H2,1-3H3,(H2,16,19)(H,17,18). The van der Waals surface area contributed by atoms with Crippen molar-refractivity contribution < 1.29 is 0 Å². The van der Waals surface area contributed by atoms with Crippen LogP contribution in [0, 0.1) is 0 Å². The van der Waals surface area contributed by atoms with E-state index < -0.39 is 0 Å². The number of fused-ring (bicyclic) bond motifs is 1. The smallest absolute Gasteiger partial charge is 0.136 e. The van der Waals surface area contributed by atoms with Gasteiger partial charge in [-0.05, 0) is 51.2 Å². The summed E-state index contributed by atoms with van der Waals surface area (Å²) in [6, 6.07) is 2.13. The van der Waals surface area contributed by atoms with Gasteiger partial charge in [0, 0.05) is 11.2 Å². The number of hydrogen-bond acceptors (Lipinski definition) is 3. The first-order chi connectivity index (χ1) is 8.93. The Bertz CT molecular complexity index is 494. The lowest BCUT2D eigenvalue weighted by atomic mass is 9.98. The van der Waals surface area contributed by atoms with Crippen molar-refractivity contribution in [2.75, 3.05) is 5.32 Å². The van der Waals surface area contributed by atoms with E-state index in [0.717, 1.165) is 37.1 Å². The zero-order valence-electron chi connectivity index (χ0n) is 12.0. The third-order valence-corrected chi connectivity index (χ3v) is 3.87. The Kier molecular flexibility index (Phi) is 4.09. The summed E-state index contributed by atoms with van der Waals surface area (Å²) in [6.45, 7) is 6.57. The molecule has 19 heavy (non-hydrogen) atoms. The summed E-state index contributed by atoms with van der Waals surface area (Å²) in [5, 5.41) is 3.52. The Morgan fingerprint density at radius 1 is 1.47 bits per heavy atom. The average molecular weight is 277 g/mol. The van der Waals surface area contributed by atoms with Gasteiger partial charge in [-0.15, -0.1) is 0 Å². The van der Waals surface area contributed by atoms with E-state index in [-0.39, 0.29) is 5.54 Å². The van der Waals surface area contributed by atoms with Gasteiger partial charge < -0.3 is 11.1 Å². The number of anilines is 1. The predicted molar refractivity (Wildman–Crippen MR) is 84.8 cm³/mol. The molecule has 0 saturated carbocycles. The molecule has 0 aliphatic heterocycles. The van der Waals surface area contributed by atoms with E-state index in [0.29, 0.717) is 4.99 Å². The maximum atomic E-state index is 5.85. The Balaban J connectivity index is 2.36. The van der Waals surface area contributed by atoms with Crippen LogP contribution in [0.15, 0.2) is 6.07 Å². The molecule has 4 heteroatoms. The minimum Gasteiger partial charge on any atom is -0.389 e. The molecular weight excluding hydrogens is 254 g/mol. The van der Waals surface area contributed by atoms with E-state index in [9.17, 15) is 0 Å². The number of nitrogens with zero attached hydrogens (tertiary/aromatic N) is 1. The lowest BCUT2D eigenvalue weighted by molar-refractivity contribution is 0.509. The summed E-state index contributed by atoms with van der Waals surface area (Å²) in [5.41, 5.74) is 9.26. The number of rotatable bonds is 5. The Morgan fingerprint density at radius 2 is 2.21 bits per heavy atom. The van der Waals surface area contributed by atoms with Crippen molar-refractivity contribution in [3.8, 4) is 0 Å². The normalized spacial score (nSPS) is 14.3. The molecule has 0 unspecified atom stereocenters. The van der Waals surface area contributed by atoms with Crippen molar-refractivity contribution in [2.24, 2.45) is 5.73 Å². The Hall–Kier alpha value is -1.16. The number of nitrogens with one attached hydrogen (secondary N) is 1. The predicted octanol–water partition coefficient (Wildman–Crippen LogP) is 3.20. The monoisotopic (exact) mass is 277 g/mol. The van der Waals surface area contributed by atoms with Crippen LogP contribution in [-0.4, -0.2) is 15.5 Å². The molecule has 0 aromatic carbocycles. The molecule has 0 atom stereocenters. The first-order valence-corrected chi connectivity index (χ1v) is 7.44. The maximum Gasteiger partial charge on any atom is 0.136 e. The van der Waals surface area contributed by atoms with Crippen molar-refractivity contribution in [2.45, 2.75) is 58.4 Å². The van der Waals surface area contributed by atoms with Gasteiger partial charge in [0.2, 0.25) is 0 Å². The fourth-order valence-corrected chi connectivity index (χ4v) is 2.92. The molecule has 104 valence electrons. The zero-order valence-corrected chi connectivity index (χ0v) is 12.9. The molecule has 3 nitrogen and oxygen atoms in total. The van der Waals surface area contributed by atoms with Crippen LogP contribution in [-0.2, 0) is 12.8 Å². The van der Waals surface area contributed by atoms with Crippen LogP contribution in [0.2, 0.25) is 0 Å². The van der Waals surface area contributed by atoms with E-state index in [1.165, 1.54) is 17.7 Å². The topological polar surface area (TPSA) is 50.9 Å². The molecule has 1 aliphatic carbocycles. The summed E-state index contributed by atoms with van der Waals surface area (Å²) < 4.78 is 0. The maximum absolute atomic E-state index is 5.85. The first kappa shape index (κ1) is 14.3. The van der Waals surface area contributed by atoms with Gasteiger partial charge >= 0.3 is 0 Å². The number of aromatic nitrogens is 1. The highest BCUT2D eigenvalue weighted by atomic mass is 32.1. The molecule has 1 heterocycles. The quantitative estimate of drug-likeness (QED) is 0.812. The van der Waals surface area contributed by atoms with Crippen molar-refractivity contribution in [1.82, 2.24) is 4.98 Å². The van der Waals surface area contributed by atoms with Crippen LogP contribution in [0.1, 0.15) is 56.9 Å². The van der Waals surface area contributed by atoms with Crippen molar-refractivity contribution >= 4 is 23.0 Å². The highest BCUT2D eigenvalue weighted by molar-refractivity contribution is 7.80. The zero-order chi connectivity index (χ0) is 14.0. The van der Waals surface area contributed by atoms with Gasteiger partial charge in [0.1, 0.15) is 10.8 Å². The summed E-state index contributed by atoms with van der Waals surface area (Å²) in [5.74, 6) is 0.853. The van der Waals surface area contributed by atoms with E-state index in [4.69, 9.17) is 22.9 Å². The second-order valence-electron chi connectivity index (χ2n) is 5.97. The number of thiocarbonyl (C=S) groups is 1. The second-order valence-corrected chi connectivity index (χ2v) is 6.41. The number of hydrogen-bond donors (Lipinski definition) is 2. The van der Waals surface area contributed by atoms with Gasteiger partial charge in [0.05, 0.1) is 5.56 Å². The number of aryl methyl sites for hydroxylation is 2. The summed E-state index contributed by atoms with van der Waals surface area (Å²) >= 11 is 5.17. The van der Waals surface area contributed by atoms with Gasteiger partial charge in [-0.2, -0.15) is 0 Å². The molecule has 2 rings (SSSR count). The molecule has 0 radical (unpaired) electrons. The molecule has 3 N–H and O–H groups in total. The van der Waals surface area contributed by atoms with E-state index in [2.05, 4.69) is 32.2 Å². The summed E-state index contributed by atoms with van der Waals surface area (Å²) in [6.07, 6.45) is 5.56. The highest BCUT2D eigenvalue weighted by Crippen LogP contribution is 2.28. The summed E-state index contributed by atoms with van der Waals surface area (Å²) in [4.78, 5) is 5.19. The molecular formula is C15H23N3S. The number of pyridine rings is 1. The fourth-order valence-electron chi connectivity index (χ4n) is 2.76. The van der Waals surface area contributed by atoms with Crippen LogP contribution < -0.4 is 11.1 Å². The molecule has 0 fully saturated rings. The van der Waals surface area contributed by atoms with E-state index in [1.54, 1.807) is 0 Å². The molecule has 0 saturated heterocycles. The van der Waals surface area contributed by atoms with Gasteiger partial charge in [0.15, 0.2) is 0 Å². The van der Waals surface area contributed by atoms with Crippen molar-refractivity contribution in [3.63, 3.8) is 0 Å². The summed E-state index contributed by atoms with van der Waals surface area (Å²) in [7, 11) is 0. The number of nitrogens with two attached hydrogens (primary N) is 1. The van der Waals surface area contributed by atoms with Gasteiger partial charge in [-0.3, -0.25) is 0 Å². The van der Waals surface area contributed by atoms with Crippen LogP contribution >= 0.6 is 12.2 Å². The van der Waals surface area contributed by atoms with Crippen molar-refractivity contribution in [3.05, 3.63) is 22.9 Å². The molecule has 0 amide bonds. The van der Waals surface area contributed by atoms with Gasteiger partial charge in [-0.25, -0.2) is 4.98 Å². The Labute approximate surface area is 121 Å². The second kappa shape index (κ2) is 5.45. The highest BCUT2D eigenvalue weighted by Gasteiger charge is 2.22. The van der Waals surface area contributed by atoms with Crippen molar-refractivity contribution in [1.29, 1.82) is 0 Å². The molecule has 1 aromatic heterocycles. The molecule has 0 bridgehead atoms. The fraction of sp³-hybridized carbons (Fsp3) is 0.600. The molecule has 1 aromatic rings. The minimum absolute atomic E-state index is 0.00806. The lowest BCUT2D eigenvalue weighted by Gasteiger charge is -2.28. The molecule has 0 spiro atoms. The minimum atomic E-state index is 0.00806. The average Bonchev–Trinajstić information content (AvgIpc) is 2.73. The van der Waals surface area contributed by atoms with E-state index >= 15 is 0 Å².